The standard InChI is InChI=1S/C65H124O6/c1-4-7-10-13-16-19-22-25-28-29-30-31-32-33-34-35-36-37-38-41-43-46-49-52-55-58-64(67)70-61-62(71-65(68)59-56-53-50-47-44-40-27-24-21-18-15-12-9-6-3)60-69-63(66)57-54-51-48-45-42-39-26-23-20-17-14-11-8-5-2/h29-30,62H,4-28,31-61H2,1-3H3/b30-29-. The minimum absolute atomic E-state index is 0.0630. The van der Waals surface area contributed by atoms with Gasteiger partial charge in [-0.3, -0.25) is 14.4 Å². The summed E-state index contributed by atoms with van der Waals surface area (Å²) in [7, 11) is 0. The molecule has 0 rings (SSSR count). The Morgan fingerprint density at radius 3 is 0.704 bits per heavy atom. The molecule has 1 unspecified atom stereocenters. The number of ether oxygens (including phenoxy) is 3. The molecule has 0 aromatic rings. The van der Waals surface area contributed by atoms with Crippen LogP contribution < -0.4 is 0 Å². The molecule has 0 bridgehead atoms. The van der Waals surface area contributed by atoms with Gasteiger partial charge in [0.2, 0.25) is 0 Å². The summed E-state index contributed by atoms with van der Waals surface area (Å²) < 4.78 is 16.9. The highest BCUT2D eigenvalue weighted by molar-refractivity contribution is 5.71. The highest BCUT2D eigenvalue weighted by Gasteiger charge is 2.19. The molecule has 0 aromatic heterocycles. The maximum Gasteiger partial charge on any atom is 0.306 e. The van der Waals surface area contributed by atoms with E-state index in [1.54, 1.807) is 0 Å². The second kappa shape index (κ2) is 60.7. The quantitative estimate of drug-likeness (QED) is 0.0261. The van der Waals surface area contributed by atoms with Crippen molar-refractivity contribution in [3.8, 4) is 0 Å². The first-order chi connectivity index (χ1) is 35.0. The van der Waals surface area contributed by atoms with Crippen LogP contribution in [0.3, 0.4) is 0 Å². The molecule has 0 aliphatic carbocycles. The molecule has 0 aliphatic heterocycles. The molecule has 0 saturated heterocycles. The first-order valence-corrected chi connectivity index (χ1v) is 32.2. The number of hydrogen-bond donors (Lipinski definition) is 0. The third kappa shape index (κ3) is 58.9. The predicted octanol–water partition coefficient (Wildman–Crippen LogP) is 21.7. The number of rotatable bonds is 60. The molecular weight excluding hydrogens is 877 g/mol. The Labute approximate surface area is 443 Å². The maximum absolute atomic E-state index is 12.9. The molecule has 71 heavy (non-hydrogen) atoms. The molecule has 0 aromatic carbocycles. The van der Waals surface area contributed by atoms with Crippen molar-refractivity contribution in [2.75, 3.05) is 13.2 Å². The number of allylic oxidation sites excluding steroid dienone is 2. The van der Waals surface area contributed by atoms with Gasteiger partial charge in [0.05, 0.1) is 0 Å². The van der Waals surface area contributed by atoms with Gasteiger partial charge in [0.15, 0.2) is 6.10 Å². The van der Waals surface area contributed by atoms with Crippen molar-refractivity contribution >= 4 is 17.9 Å². The SMILES string of the molecule is CCCCCCCCCC/C=C\CCCCCCCCCCCCCCCC(=O)OCC(COC(=O)CCCCCCCCCCCCCCCC)OC(=O)CCCCCCCCCCCCCCCC. The van der Waals surface area contributed by atoms with E-state index in [-0.39, 0.29) is 31.1 Å². The summed E-state index contributed by atoms with van der Waals surface area (Å²) in [5.41, 5.74) is 0. The van der Waals surface area contributed by atoms with Gasteiger partial charge in [0.25, 0.3) is 0 Å². The van der Waals surface area contributed by atoms with E-state index in [4.69, 9.17) is 14.2 Å². The van der Waals surface area contributed by atoms with E-state index in [0.717, 1.165) is 57.8 Å². The molecule has 420 valence electrons. The number of carbonyl (C=O) groups excluding carboxylic acids is 3. The van der Waals surface area contributed by atoms with Gasteiger partial charge < -0.3 is 14.2 Å². The molecule has 6 heteroatoms. The van der Waals surface area contributed by atoms with E-state index >= 15 is 0 Å². The fraction of sp³-hybridized carbons (Fsp3) is 0.923. The summed E-state index contributed by atoms with van der Waals surface area (Å²) in [6.07, 6.45) is 70.8. The average Bonchev–Trinajstić information content (AvgIpc) is 3.37. The third-order valence-electron chi connectivity index (χ3n) is 14.8. The van der Waals surface area contributed by atoms with Crippen LogP contribution in [0.1, 0.15) is 367 Å². The minimum Gasteiger partial charge on any atom is -0.462 e. The van der Waals surface area contributed by atoms with E-state index in [9.17, 15) is 14.4 Å². The first-order valence-electron chi connectivity index (χ1n) is 32.2. The van der Waals surface area contributed by atoms with Crippen LogP contribution in [-0.2, 0) is 28.6 Å². The summed E-state index contributed by atoms with van der Waals surface area (Å²) in [6, 6.07) is 0. The van der Waals surface area contributed by atoms with Gasteiger partial charge in [-0.25, -0.2) is 0 Å². The largest absolute Gasteiger partial charge is 0.462 e. The van der Waals surface area contributed by atoms with Crippen LogP contribution in [0.25, 0.3) is 0 Å². The fourth-order valence-corrected chi connectivity index (χ4v) is 9.91. The molecule has 6 nitrogen and oxygen atoms in total. The van der Waals surface area contributed by atoms with Crippen molar-refractivity contribution in [1.82, 2.24) is 0 Å². The summed E-state index contributed by atoms with van der Waals surface area (Å²) in [5, 5.41) is 0. The summed E-state index contributed by atoms with van der Waals surface area (Å²) in [5.74, 6) is -0.833. The lowest BCUT2D eigenvalue weighted by atomic mass is 10.0. The zero-order valence-corrected chi connectivity index (χ0v) is 48.3. The van der Waals surface area contributed by atoms with Crippen molar-refractivity contribution in [2.45, 2.75) is 374 Å². The Balaban J connectivity index is 4.20. The molecule has 0 fully saturated rings. The van der Waals surface area contributed by atoms with Crippen LogP contribution in [0.15, 0.2) is 12.2 Å². The van der Waals surface area contributed by atoms with E-state index in [1.807, 2.05) is 0 Å². The molecule has 0 N–H and O–H groups in total. The van der Waals surface area contributed by atoms with E-state index < -0.39 is 6.10 Å². The van der Waals surface area contributed by atoms with E-state index in [1.165, 1.54) is 270 Å². The van der Waals surface area contributed by atoms with Crippen LogP contribution >= 0.6 is 0 Å². The first kappa shape index (κ1) is 69.2. The lowest BCUT2D eigenvalue weighted by Gasteiger charge is -2.18. The molecule has 1 atom stereocenters. The van der Waals surface area contributed by atoms with Crippen molar-refractivity contribution in [3.05, 3.63) is 12.2 Å². The molecule has 0 amide bonds. The summed E-state index contributed by atoms with van der Waals surface area (Å²) in [4.78, 5) is 38.2. The summed E-state index contributed by atoms with van der Waals surface area (Å²) >= 11 is 0. The number of unbranched alkanes of at least 4 members (excludes halogenated alkanes) is 47. The molecule has 0 aliphatic rings. The second-order valence-corrected chi connectivity index (χ2v) is 22.0. The van der Waals surface area contributed by atoms with Crippen molar-refractivity contribution < 1.29 is 28.6 Å². The molecule has 0 radical (unpaired) electrons. The zero-order chi connectivity index (χ0) is 51.4. The molecule has 0 heterocycles. The van der Waals surface area contributed by atoms with Gasteiger partial charge in [-0.2, -0.15) is 0 Å². The Hall–Kier alpha value is -1.85. The topological polar surface area (TPSA) is 78.9 Å². The fourth-order valence-electron chi connectivity index (χ4n) is 9.91. The van der Waals surface area contributed by atoms with E-state index in [0.29, 0.717) is 19.3 Å². The smallest absolute Gasteiger partial charge is 0.306 e. The molecule has 0 spiro atoms. The van der Waals surface area contributed by atoms with Crippen LogP contribution in [-0.4, -0.2) is 37.2 Å². The maximum atomic E-state index is 12.9. The number of carbonyl (C=O) groups is 3. The highest BCUT2D eigenvalue weighted by atomic mass is 16.6. The zero-order valence-electron chi connectivity index (χ0n) is 48.3. The van der Waals surface area contributed by atoms with Gasteiger partial charge >= 0.3 is 17.9 Å². The Morgan fingerprint density at radius 1 is 0.268 bits per heavy atom. The van der Waals surface area contributed by atoms with Gasteiger partial charge in [-0.05, 0) is 44.9 Å². The Kier molecular flexibility index (Phi) is 59.1. The number of esters is 3. The summed E-state index contributed by atoms with van der Waals surface area (Å²) in [6.45, 7) is 6.71. The van der Waals surface area contributed by atoms with Crippen molar-refractivity contribution in [3.63, 3.8) is 0 Å². The Bertz CT molecular complexity index is 1100. The van der Waals surface area contributed by atoms with Gasteiger partial charge in [-0.15, -0.1) is 0 Å². The predicted molar refractivity (Wildman–Crippen MR) is 307 cm³/mol. The van der Waals surface area contributed by atoms with E-state index in [2.05, 4.69) is 32.9 Å². The lowest BCUT2D eigenvalue weighted by Crippen LogP contribution is -2.30. The third-order valence-corrected chi connectivity index (χ3v) is 14.8. The normalized spacial score (nSPS) is 12.0. The Morgan fingerprint density at radius 2 is 0.465 bits per heavy atom. The van der Waals surface area contributed by atoms with Crippen LogP contribution in [0.2, 0.25) is 0 Å². The van der Waals surface area contributed by atoms with Crippen molar-refractivity contribution in [2.24, 2.45) is 0 Å². The highest BCUT2D eigenvalue weighted by Crippen LogP contribution is 2.18. The van der Waals surface area contributed by atoms with Gasteiger partial charge in [0.1, 0.15) is 13.2 Å². The monoisotopic (exact) mass is 1000 g/mol. The van der Waals surface area contributed by atoms with Crippen LogP contribution in [0.4, 0.5) is 0 Å². The lowest BCUT2D eigenvalue weighted by molar-refractivity contribution is -0.167. The minimum atomic E-state index is -0.764. The van der Waals surface area contributed by atoms with Gasteiger partial charge in [0, 0.05) is 19.3 Å². The second-order valence-electron chi connectivity index (χ2n) is 22.0. The molecular formula is C65H124O6. The number of hydrogen-bond acceptors (Lipinski definition) is 6. The van der Waals surface area contributed by atoms with Gasteiger partial charge in [-0.1, -0.05) is 315 Å². The molecule has 0 saturated carbocycles. The average molecular weight is 1000 g/mol. The van der Waals surface area contributed by atoms with Crippen LogP contribution in [0.5, 0.6) is 0 Å². The van der Waals surface area contributed by atoms with Crippen LogP contribution in [0, 0.1) is 0 Å². The van der Waals surface area contributed by atoms with Crippen molar-refractivity contribution in [1.29, 1.82) is 0 Å².